The van der Waals surface area contributed by atoms with Crippen LogP contribution in [0.3, 0.4) is 0 Å². The number of amides is 1. The van der Waals surface area contributed by atoms with E-state index in [9.17, 15) is 4.79 Å². The lowest BCUT2D eigenvalue weighted by molar-refractivity contribution is 0.0766. The number of hydrogen-bond acceptors (Lipinski definition) is 2. The van der Waals surface area contributed by atoms with Crippen molar-refractivity contribution in [3.8, 4) is 0 Å². The molecule has 0 unspecified atom stereocenters. The number of aliphatic hydroxyl groups excluding tert-OH is 1. The molecular weight excluding hydrogens is 364 g/mol. The van der Waals surface area contributed by atoms with Gasteiger partial charge in [0.25, 0.3) is 5.91 Å². The van der Waals surface area contributed by atoms with Crippen LogP contribution in [-0.4, -0.2) is 36.1 Å². The van der Waals surface area contributed by atoms with E-state index in [-0.39, 0.29) is 19.1 Å². The summed E-state index contributed by atoms with van der Waals surface area (Å²) in [6.07, 6.45) is 0. The SMILES string of the molecule is CN(CCO)C(=O)c1cc(Cl)cc(Cl)c1I. The van der Waals surface area contributed by atoms with E-state index in [1.807, 2.05) is 22.6 Å². The third-order valence-electron chi connectivity index (χ3n) is 2.01. The van der Waals surface area contributed by atoms with E-state index in [0.29, 0.717) is 19.2 Å². The van der Waals surface area contributed by atoms with Gasteiger partial charge in [-0.05, 0) is 34.7 Å². The smallest absolute Gasteiger partial charge is 0.254 e. The summed E-state index contributed by atoms with van der Waals surface area (Å²) in [5.74, 6) is -0.206. The van der Waals surface area contributed by atoms with Crippen LogP contribution in [0.15, 0.2) is 12.1 Å². The molecule has 1 N–H and O–H groups in total. The van der Waals surface area contributed by atoms with Crippen molar-refractivity contribution in [2.24, 2.45) is 0 Å². The van der Waals surface area contributed by atoms with Gasteiger partial charge in [-0.25, -0.2) is 0 Å². The number of halogens is 3. The molecular formula is C10H10Cl2INO2. The molecule has 6 heteroatoms. The van der Waals surface area contributed by atoms with Crippen molar-refractivity contribution in [3.05, 3.63) is 31.3 Å². The second kappa shape index (κ2) is 6.05. The first-order chi connectivity index (χ1) is 7.47. The fourth-order valence-electron chi connectivity index (χ4n) is 1.17. The fraction of sp³-hybridized carbons (Fsp3) is 0.300. The van der Waals surface area contributed by atoms with Gasteiger partial charge in [-0.3, -0.25) is 4.79 Å². The van der Waals surface area contributed by atoms with Gasteiger partial charge < -0.3 is 10.0 Å². The number of likely N-dealkylation sites (N-methyl/N-ethyl adjacent to an activating group) is 1. The zero-order chi connectivity index (χ0) is 12.3. The van der Waals surface area contributed by atoms with Gasteiger partial charge in [0, 0.05) is 22.2 Å². The summed E-state index contributed by atoms with van der Waals surface area (Å²) >= 11 is 13.8. The van der Waals surface area contributed by atoms with Gasteiger partial charge in [-0.15, -0.1) is 0 Å². The van der Waals surface area contributed by atoms with Gasteiger partial charge in [0.05, 0.1) is 17.2 Å². The molecule has 1 amide bonds. The molecule has 1 aromatic rings. The molecule has 0 aromatic heterocycles. The molecule has 0 aliphatic heterocycles. The average molecular weight is 374 g/mol. The zero-order valence-electron chi connectivity index (χ0n) is 8.51. The molecule has 0 atom stereocenters. The molecule has 0 heterocycles. The van der Waals surface area contributed by atoms with Gasteiger partial charge in [0.15, 0.2) is 0 Å². The van der Waals surface area contributed by atoms with Crippen LogP contribution in [0.5, 0.6) is 0 Å². The summed E-state index contributed by atoms with van der Waals surface area (Å²) in [5.41, 5.74) is 0.453. The summed E-state index contributed by atoms with van der Waals surface area (Å²) in [6.45, 7) is 0.201. The van der Waals surface area contributed by atoms with Gasteiger partial charge in [0.1, 0.15) is 0 Å². The van der Waals surface area contributed by atoms with E-state index in [2.05, 4.69) is 0 Å². The maximum atomic E-state index is 12.0. The van der Waals surface area contributed by atoms with Crippen LogP contribution in [0.25, 0.3) is 0 Å². The molecule has 1 aromatic carbocycles. The first-order valence-corrected chi connectivity index (χ1v) is 6.31. The largest absolute Gasteiger partial charge is 0.395 e. The molecule has 88 valence electrons. The summed E-state index contributed by atoms with van der Waals surface area (Å²) < 4.78 is 0.665. The molecule has 0 bridgehead atoms. The van der Waals surface area contributed by atoms with Gasteiger partial charge in [-0.2, -0.15) is 0 Å². The van der Waals surface area contributed by atoms with Gasteiger partial charge in [0.2, 0.25) is 0 Å². The Labute approximate surface area is 117 Å². The number of benzene rings is 1. The number of hydrogen-bond donors (Lipinski definition) is 1. The Balaban J connectivity index is 3.08. The molecule has 0 aliphatic rings. The Morgan fingerprint density at radius 2 is 2.12 bits per heavy atom. The van der Waals surface area contributed by atoms with Crippen LogP contribution >= 0.6 is 45.8 Å². The molecule has 3 nitrogen and oxygen atoms in total. The van der Waals surface area contributed by atoms with E-state index in [0.717, 1.165) is 0 Å². The topological polar surface area (TPSA) is 40.5 Å². The van der Waals surface area contributed by atoms with Crippen LogP contribution in [-0.2, 0) is 0 Å². The lowest BCUT2D eigenvalue weighted by atomic mass is 10.2. The number of carbonyl (C=O) groups excluding carboxylic acids is 1. The van der Waals surface area contributed by atoms with Crippen LogP contribution in [0.2, 0.25) is 10.0 Å². The normalized spacial score (nSPS) is 10.3. The fourth-order valence-corrected chi connectivity index (χ4v) is 2.20. The molecule has 16 heavy (non-hydrogen) atoms. The second-order valence-corrected chi connectivity index (χ2v) is 5.12. The highest BCUT2D eigenvalue weighted by Crippen LogP contribution is 2.27. The predicted octanol–water partition coefficient (Wildman–Crippen LogP) is 2.66. The Hall–Kier alpha value is -0.0400. The lowest BCUT2D eigenvalue weighted by Crippen LogP contribution is -2.30. The van der Waals surface area contributed by atoms with Gasteiger partial charge >= 0.3 is 0 Å². The Bertz CT molecular complexity index is 412. The van der Waals surface area contributed by atoms with Gasteiger partial charge in [-0.1, -0.05) is 23.2 Å². The minimum Gasteiger partial charge on any atom is -0.395 e. The van der Waals surface area contributed by atoms with E-state index in [1.54, 1.807) is 19.2 Å². The van der Waals surface area contributed by atoms with Crippen molar-refractivity contribution in [1.82, 2.24) is 4.90 Å². The number of aliphatic hydroxyl groups is 1. The maximum Gasteiger partial charge on any atom is 0.254 e. The first kappa shape index (κ1) is 14.0. The molecule has 0 saturated heterocycles. The van der Waals surface area contributed by atoms with Crippen LogP contribution in [0.4, 0.5) is 0 Å². The molecule has 1 rings (SSSR count). The van der Waals surface area contributed by atoms with Crippen LogP contribution in [0, 0.1) is 3.57 Å². The van der Waals surface area contributed by atoms with Crippen molar-refractivity contribution < 1.29 is 9.90 Å². The van der Waals surface area contributed by atoms with E-state index in [4.69, 9.17) is 28.3 Å². The van der Waals surface area contributed by atoms with E-state index < -0.39 is 0 Å². The maximum absolute atomic E-state index is 12.0. The molecule has 0 radical (unpaired) electrons. The summed E-state index contributed by atoms with van der Waals surface area (Å²) in [5, 5.41) is 9.64. The zero-order valence-corrected chi connectivity index (χ0v) is 12.2. The number of nitrogens with zero attached hydrogens (tertiary/aromatic N) is 1. The van der Waals surface area contributed by atoms with Crippen molar-refractivity contribution in [2.75, 3.05) is 20.2 Å². The molecule has 0 saturated carbocycles. The van der Waals surface area contributed by atoms with Crippen molar-refractivity contribution in [1.29, 1.82) is 0 Å². The highest BCUT2D eigenvalue weighted by molar-refractivity contribution is 14.1. The average Bonchev–Trinajstić information content (AvgIpc) is 2.22. The minimum absolute atomic E-state index is 0.0763. The summed E-state index contributed by atoms with van der Waals surface area (Å²) in [4.78, 5) is 13.4. The van der Waals surface area contributed by atoms with Crippen LogP contribution in [0.1, 0.15) is 10.4 Å². The molecule has 0 aliphatic carbocycles. The quantitative estimate of drug-likeness (QED) is 0.653. The highest BCUT2D eigenvalue weighted by atomic mass is 127. The van der Waals surface area contributed by atoms with Crippen LogP contribution < -0.4 is 0 Å². The minimum atomic E-state index is -0.206. The number of carbonyl (C=O) groups is 1. The first-order valence-electron chi connectivity index (χ1n) is 4.48. The second-order valence-electron chi connectivity index (χ2n) is 3.20. The van der Waals surface area contributed by atoms with E-state index >= 15 is 0 Å². The standard InChI is InChI=1S/C10H10Cl2INO2/c1-14(2-3-15)10(16)7-4-6(11)5-8(12)9(7)13/h4-5,15H,2-3H2,1H3. The third kappa shape index (κ3) is 3.23. The Morgan fingerprint density at radius 1 is 1.50 bits per heavy atom. The molecule has 0 spiro atoms. The monoisotopic (exact) mass is 373 g/mol. The predicted molar refractivity (Wildman–Crippen MR) is 73.2 cm³/mol. The highest BCUT2D eigenvalue weighted by Gasteiger charge is 2.17. The van der Waals surface area contributed by atoms with Crippen molar-refractivity contribution in [2.45, 2.75) is 0 Å². The summed E-state index contributed by atoms with van der Waals surface area (Å²) in [7, 11) is 1.61. The third-order valence-corrected chi connectivity index (χ3v) is 4.00. The van der Waals surface area contributed by atoms with Crippen molar-refractivity contribution >= 4 is 51.7 Å². The Kier molecular flexibility index (Phi) is 5.30. The Morgan fingerprint density at radius 3 is 2.69 bits per heavy atom. The number of rotatable bonds is 3. The van der Waals surface area contributed by atoms with Crippen molar-refractivity contribution in [3.63, 3.8) is 0 Å². The molecule has 0 fully saturated rings. The van der Waals surface area contributed by atoms with E-state index in [1.165, 1.54) is 4.90 Å². The lowest BCUT2D eigenvalue weighted by Gasteiger charge is -2.17. The summed E-state index contributed by atoms with van der Waals surface area (Å²) in [6, 6.07) is 3.17.